The highest BCUT2D eigenvalue weighted by Gasteiger charge is 2.30. The number of hydrogen-bond acceptors (Lipinski definition) is 7. The van der Waals surface area contributed by atoms with Crippen molar-refractivity contribution < 1.29 is 14.3 Å². The maximum Gasteiger partial charge on any atom is 0.255 e. The summed E-state index contributed by atoms with van der Waals surface area (Å²) in [5.41, 5.74) is 2.52. The topological polar surface area (TPSA) is 84.4 Å². The minimum absolute atomic E-state index is 0.0735. The molecular formula is C20H24N4O3S. The Labute approximate surface area is 168 Å². The maximum atomic E-state index is 12.8. The highest BCUT2D eigenvalue weighted by molar-refractivity contribution is 7.15. The van der Waals surface area contributed by atoms with Crippen LogP contribution in [-0.4, -0.2) is 58.9 Å². The predicted molar refractivity (Wildman–Crippen MR) is 108 cm³/mol. The molecule has 7 nitrogen and oxygen atoms in total. The highest BCUT2D eigenvalue weighted by atomic mass is 32.1. The minimum Gasteiger partial charge on any atom is -0.381 e. The first kappa shape index (κ1) is 19.0. The van der Waals surface area contributed by atoms with Crippen LogP contribution in [0.4, 0.5) is 5.95 Å². The first-order chi connectivity index (χ1) is 13.6. The van der Waals surface area contributed by atoms with Crippen LogP contribution < -0.4 is 5.32 Å². The molecule has 2 aliphatic heterocycles. The van der Waals surface area contributed by atoms with Gasteiger partial charge in [0.2, 0.25) is 5.95 Å². The fraction of sp³-hybridized carbons (Fsp3) is 0.500. The van der Waals surface area contributed by atoms with Crippen LogP contribution in [0.25, 0.3) is 10.6 Å². The third kappa shape index (κ3) is 3.66. The summed E-state index contributed by atoms with van der Waals surface area (Å²) in [5, 5.41) is 3.41. The number of aldehydes is 1. The minimum atomic E-state index is -0.403. The van der Waals surface area contributed by atoms with Crippen molar-refractivity contribution in [2.45, 2.75) is 45.2 Å². The molecule has 2 aliphatic rings. The fourth-order valence-corrected chi connectivity index (χ4v) is 4.83. The summed E-state index contributed by atoms with van der Waals surface area (Å²) in [4.78, 5) is 36.7. The third-order valence-corrected chi connectivity index (χ3v) is 6.53. The predicted octanol–water partition coefficient (Wildman–Crippen LogP) is 2.69. The van der Waals surface area contributed by atoms with Crippen molar-refractivity contribution in [1.29, 1.82) is 0 Å². The average molecular weight is 401 g/mol. The second-order valence-corrected chi connectivity index (χ2v) is 8.47. The molecule has 1 fully saturated rings. The number of aryl methyl sites for hydroxylation is 1. The summed E-state index contributed by atoms with van der Waals surface area (Å²) in [6.45, 7) is 5.82. The molecular weight excluding hydrogens is 376 g/mol. The number of nitrogens with one attached hydrogen (secondary N) is 1. The second kappa shape index (κ2) is 7.97. The SMILES string of the molecule is Cc1cnc(NC2CCOCC2)nc1-c1cc2c(s1)CCN(C(C)C=O)C2=O. The van der Waals surface area contributed by atoms with E-state index >= 15 is 0 Å². The Morgan fingerprint density at radius 3 is 2.93 bits per heavy atom. The second-order valence-electron chi connectivity index (χ2n) is 7.33. The van der Waals surface area contributed by atoms with Gasteiger partial charge in [-0.15, -0.1) is 11.3 Å². The first-order valence-electron chi connectivity index (χ1n) is 9.64. The van der Waals surface area contributed by atoms with E-state index < -0.39 is 6.04 Å². The van der Waals surface area contributed by atoms with Gasteiger partial charge in [-0.2, -0.15) is 0 Å². The molecule has 1 saturated heterocycles. The number of aromatic nitrogens is 2. The summed E-state index contributed by atoms with van der Waals surface area (Å²) < 4.78 is 5.40. The van der Waals surface area contributed by atoms with Crippen molar-refractivity contribution in [2.24, 2.45) is 0 Å². The van der Waals surface area contributed by atoms with E-state index in [9.17, 15) is 9.59 Å². The van der Waals surface area contributed by atoms with Gasteiger partial charge in [0.15, 0.2) is 0 Å². The van der Waals surface area contributed by atoms with Gasteiger partial charge in [-0.1, -0.05) is 0 Å². The molecule has 0 aliphatic carbocycles. The van der Waals surface area contributed by atoms with E-state index in [1.807, 2.05) is 19.2 Å². The molecule has 2 aromatic heterocycles. The van der Waals surface area contributed by atoms with Crippen LogP contribution >= 0.6 is 11.3 Å². The van der Waals surface area contributed by atoms with Gasteiger partial charge >= 0.3 is 0 Å². The monoisotopic (exact) mass is 400 g/mol. The zero-order valence-electron chi connectivity index (χ0n) is 16.1. The fourth-order valence-electron chi connectivity index (χ4n) is 3.64. The van der Waals surface area contributed by atoms with Crippen LogP contribution in [0, 0.1) is 6.92 Å². The number of rotatable bonds is 5. The molecule has 1 atom stereocenters. The average Bonchev–Trinajstić information content (AvgIpc) is 3.15. The number of carbonyl (C=O) groups is 2. The number of thiophene rings is 1. The maximum absolute atomic E-state index is 12.8. The Morgan fingerprint density at radius 1 is 1.39 bits per heavy atom. The lowest BCUT2D eigenvalue weighted by Crippen LogP contribution is -2.43. The standard InChI is InChI=1S/C20H24N4O3S/c1-12-10-21-20(22-14-4-7-27-8-5-14)23-18(12)17-9-15-16(28-17)3-6-24(19(15)26)13(2)11-25/h9-11,13-14H,3-8H2,1-2H3,(H,21,22,23). The Bertz CT molecular complexity index is 892. The van der Waals surface area contributed by atoms with E-state index in [-0.39, 0.29) is 5.91 Å². The molecule has 0 saturated carbocycles. The quantitative estimate of drug-likeness (QED) is 0.777. The van der Waals surface area contributed by atoms with Crippen LogP contribution in [-0.2, 0) is 16.0 Å². The number of nitrogens with zero attached hydrogens (tertiary/aromatic N) is 3. The number of anilines is 1. The van der Waals surface area contributed by atoms with Crippen LogP contribution in [0.15, 0.2) is 12.3 Å². The van der Waals surface area contributed by atoms with Crippen molar-refractivity contribution >= 4 is 29.5 Å². The van der Waals surface area contributed by atoms with E-state index in [1.54, 1.807) is 23.2 Å². The van der Waals surface area contributed by atoms with Gasteiger partial charge in [0, 0.05) is 43.3 Å². The normalized spacial score (nSPS) is 18.6. The molecule has 4 heterocycles. The molecule has 1 unspecified atom stereocenters. The Hall–Kier alpha value is -2.32. The molecule has 2 aromatic rings. The summed E-state index contributed by atoms with van der Waals surface area (Å²) in [6, 6.07) is 1.83. The Balaban J connectivity index is 1.60. The zero-order chi connectivity index (χ0) is 19.7. The largest absolute Gasteiger partial charge is 0.381 e. The number of ether oxygens (including phenoxy) is 1. The molecule has 8 heteroatoms. The first-order valence-corrected chi connectivity index (χ1v) is 10.5. The lowest BCUT2D eigenvalue weighted by Gasteiger charge is -2.29. The third-order valence-electron chi connectivity index (χ3n) is 5.33. The molecule has 0 spiro atoms. The molecule has 0 radical (unpaired) electrons. The summed E-state index contributed by atoms with van der Waals surface area (Å²) in [6.07, 6.45) is 5.30. The van der Waals surface area contributed by atoms with Crippen molar-refractivity contribution in [1.82, 2.24) is 14.9 Å². The van der Waals surface area contributed by atoms with Crippen LogP contribution in [0.3, 0.4) is 0 Å². The van der Waals surface area contributed by atoms with Crippen LogP contribution in [0.2, 0.25) is 0 Å². The van der Waals surface area contributed by atoms with Gasteiger partial charge in [0.25, 0.3) is 5.91 Å². The van der Waals surface area contributed by atoms with E-state index in [0.717, 1.165) is 59.8 Å². The van der Waals surface area contributed by atoms with Crippen LogP contribution in [0.5, 0.6) is 0 Å². The molecule has 0 aromatic carbocycles. The van der Waals surface area contributed by atoms with Gasteiger partial charge in [0.05, 0.1) is 22.2 Å². The summed E-state index contributed by atoms with van der Waals surface area (Å²) >= 11 is 1.61. The number of fused-ring (bicyclic) bond motifs is 1. The molecule has 4 rings (SSSR count). The smallest absolute Gasteiger partial charge is 0.255 e. The number of amides is 1. The number of hydrogen-bond donors (Lipinski definition) is 1. The van der Waals surface area contributed by atoms with Gasteiger partial charge in [0.1, 0.15) is 6.29 Å². The summed E-state index contributed by atoms with van der Waals surface area (Å²) in [5.74, 6) is 0.539. The van der Waals surface area contributed by atoms with Crippen molar-refractivity contribution in [2.75, 3.05) is 25.1 Å². The van der Waals surface area contributed by atoms with Gasteiger partial charge in [-0.05, 0) is 38.3 Å². The lowest BCUT2D eigenvalue weighted by molar-refractivity contribution is -0.111. The zero-order valence-corrected chi connectivity index (χ0v) is 16.9. The molecule has 1 amide bonds. The van der Waals surface area contributed by atoms with Crippen molar-refractivity contribution in [3.63, 3.8) is 0 Å². The Morgan fingerprint density at radius 2 is 2.18 bits per heavy atom. The van der Waals surface area contributed by atoms with E-state index in [2.05, 4.69) is 10.3 Å². The Kier molecular flexibility index (Phi) is 5.41. The lowest BCUT2D eigenvalue weighted by atomic mass is 10.1. The van der Waals surface area contributed by atoms with Gasteiger partial charge in [-0.3, -0.25) is 4.79 Å². The highest BCUT2D eigenvalue weighted by Crippen LogP contribution is 2.36. The molecule has 0 bridgehead atoms. The van der Waals surface area contributed by atoms with Crippen molar-refractivity contribution in [3.8, 4) is 10.6 Å². The van der Waals surface area contributed by atoms with Crippen molar-refractivity contribution in [3.05, 3.63) is 28.3 Å². The number of carbonyl (C=O) groups excluding carboxylic acids is 2. The van der Waals surface area contributed by atoms with E-state index in [4.69, 9.17) is 9.72 Å². The molecule has 1 N–H and O–H groups in total. The van der Waals surface area contributed by atoms with Gasteiger partial charge in [-0.25, -0.2) is 9.97 Å². The van der Waals surface area contributed by atoms with E-state index in [0.29, 0.717) is 24.1 Å². The van der Waals surface area contributed by atoms with Gasteiger partial charge < -0.3 is 19.7 Å². The van der Waals surface area contributed by atoms with E-state index in [1.165, 1.54) is 0 Å². The molecule has 28 heavy (non-hydrogen) atoms. The van der Waals surface area contributed by atoms with Crippen LogP contribution in [0.1, 0.15) is 40.6 Å². The molecule has 148 valence electrons. The summed E-state index contributed by atoms with van der Waals surface area (Å²) in [7, 11) is 0.